The first kappa shape index (κ1) is 18.7. The molecule has 6 rings (SSSR count). The Morgan fingerprint density at radius 1 is 0.935 bits per heavy atom. The van der Waals surface area contributed by atoms with E-state index >= 15 is 0 Å². The van der Waals surface area contributed by atoms with Crippen molar-refractivity contribution in [3.63, 3.8) is 0 Å². The van der Waals surface area contributed by atoms with E-state index in [1.807, 2.05) is 37.3 Å². The normalized spacial score (nSPS) is 27.8. The molecule has 5 atom stereocenters. The van der Waals surface area contributed by atoms with Gasteiger partial charge in [0.25, 0.3) is 5.91 Å². The molecule has 0 spiro atoms. The predicted molar refractivity (Wildman–Crippen MR) is 125 cm³/mol. The SMILES string of the molecule is Cc1ccccc1NC(=O)c1ccc2c(c1)[C@@H]1[C@H]3CC[C@@H](C3)[C@@H]1[C@@H](c1ccccc1)N2. The van der Waals surface area contributed by atoms with E-state index in [0.29, 0.717) is 17.9 Å². The number of benzene rings is 3. The quantitative estimate of drug-likeness (QED) is 0.516. The summed E-state index contributed by atoms with van der Waals surface area (Å²) in [6, 6.07) is 25.5. The molecule has 2 fully saturated rings. The summed E-state index contributed by atoms with van der Waals surface area (Å²) in [5, 5.41) is 6.97. The van der Waals surface area contributed by atoms with Crippen LogP contribution in [-0.4, -0.2) is 5.91 Å². The fraction of sp³-hybridized carbons (Fsp3) is 0.321. The topological polar surface area (TPSA) is 41.1 Å². The van der Waals surface area contributed by atoms with Crippen LogP contribution in [0.25, 0.3) is 0 Å². The average Bonchev–Trinajstić information content (AvgIpc) is 3.43. The molecule has 2 N–H and O–H groups in total. The maximum Gasteiger partial charge on any atom is 0.255 e. The third-order valence-corrected chi connectivity index (χ3v) is 7.90. The summed E-state index contributed by atoms with van der Waals surface area (Å²) in [6.07, 6.45) is 4.01. The van der Waals surface area contributed by atoms with Gasteiger partial charge in [0.2, 0.25) is 0 Å². The number of hydrogen-bond donors (Lipinski definition) is 2. The Morgan fingerprint density at radius 2 is 1.71 bits per heavy atom. The van der Waals surface area contributed by atoms with Crippen LogP contribution < -0.4 is 10.6 Å². The molecule has 156 valence electrons. The Morgan fingerprint density at radius 3 is 2.55 bits per heavy atom. The minimum Gasteiger partial charge on any atom is -0.378 e. The molecule has 1 amide bonds. The Labute approximate surface area is 183 Å². The number of para-hydroxylation sites is 1. The van der Waals surface area contributed by atoms with Gasteiger partial charge >= 0.3 is 0 Å². The molecule has 0 unspecified atom stereocenters. The second-order valence-electron chi connectivity index (χ2n) is 9.54. The van der Waals surface area contributed by atoms with Crippen LogP contribution >= 0.6 is 0 Å². The predicted octanol–water partition coefficient (Wildman–Crippen LogP) is 6.54. The molecule has 0 saturated heterocycles. The smallest absolute Gasteiger partial charge is 0.255 e. The van der Waals surface area contributed by atoms with E-state index in [1.165, 1.54) is 36.1 Å². The van der Waals surface area contributed by atoms with Gasteiger partial charge in [-0.2, -0.15) is 0 Å². The van der Waals surface area contributed by atoms with E-state index in [4.69, 9.17) is 0 Å². The van der Waals surface area contributed by atoms with E-state index in [2.05, 4.69) is 53.1 Å². The minimum atomic E-state index is -0.0259. The van der Waals surface area contributed by atoms with Crippen molar-refractivity contribution in [1.29, 1.82) is 0 Å². The number of anilines is 2. The lowest BCUT2D eigenvalue weighted by molar-refractivity contribution is 0.102. The van der Waals surface area contributed by atoms with Crippen molar-refractivity contribution in [1.82, 2.24) is 0 Å². The van der Waals surface area contributed by atoms with Crippen molar-refractivity contribution in [3.8, 4) is 0 Å². The zero-order valence-corrected chi connectivity index (χ0v) is 17.8. The number of nitrogens with one attached hydrogen (secondary N) is 2. The summed E-state index contributed by atoms with van der Waals surface area (Å²) in [5.41, 5.74) is 6.65. The fourth-order valence-corrected chi connectivity index (χ4v) is 6.53. The van der Waals surface area contributed by atoms with E-state index < -0.39 is 0 Å². The molecule has 31 heavy (non-hydrogen) atoms. The highest BCUT2D eigenvalue weighted by Crippen LogP contribution is 2.63. The van der Waals surface area contributed by atoms with Gasteiger partial charge in [0.05, 0.1) is 6.04 Å². The van der Waals surface area contributed by atoms with Crippen LogP contribution in [0, 0.1) is 24.7 Å². The van der Waals surface area contributed by atoms with Crippen LogP contribution in [0.4, 0.5) is 11.4 Å². The summed E-state index contributed by atoms with van der Waals surface area (Å²) < 4.78 is 0. The molecular formula is C28H28N2O. The number of amides is 1. The maximum absolute atomic E-state index is 13.1. The van der Waals surface area contributed by atoms with Crippen LogP contribution in [0.15, 0.2) is 72.8 Å². The van der Waals surface area contributed by atoms with Gasteiger partial charge < -0.3 is 10.6 Å². The first-order valence-corrected chi connectivity index (χ1v) is 11.5. The molecule has 1 heterocycles. The van der Waals surface area contributed by atoms with Gasteiger partial charge in [0.1, 0.15) is 0 Å². The van der Waals surface area contributed by atoms with Crippen LogP contribution in [0.3, 0.4) is 0 Å². The molecule has 3 aromatic rings. The summed E-state index contributed by atoms with van der Waals surface area (Å²) in [5.74, 6) is 2.67. The summed E-state index contributed by atoms with van der Waals surface area (Å²) in [7, 11) is 0. The Hall–Kier alpha value is -3.07. The standard InChI is InChI=1S/C28H28N2O/c1-17-7-5-6-10-23(17)30-28(31)21-13-14-24-22(16-21)25-19-11-12-20(15-19)26(25)27(29-24)18-8-3-2-4-9-18/h2-10,13-14,16,19-20,25-27,29H,11-12,15H2,1H3,(H,30,31)/t19-,20-,25-,26-,27+/m0/s1. The number of carbonyl (C=O) groups excluding carboxylic acids is 1. The molecule has 3 heteroatoms. The van der Waals surface area contributed by atoms with E-state index in [9.17, 15) is 4.79 Å². The van der Waals surface area contributed by atoms with E-state index in [0.717, 1.165) is 28.7 Å². The summed E-state index contributed by atoms with van der Waals surface area (Å²) in [6.45, 7) is 2.02. The van der Waals surface area contributed by atoms with Crippen LogP contribution in [0.1, 0.15) is 58.3 Å². The van der Waals surface area contributed by atoms with Crippen molar-refractivity contribution in [3.05, 3.63) is 95.1 Å². The first-order valence-electron chi connectivity index (χ1n) is 11.5. The monoisotopic (exact) mass is 408 g/mol. The van der Waals surface area contributed by atoms with Gasteiger partial charge in [0, 0.05) is 16.9 Å². The Balaban J connectivity index is 1.36. The van der Waals surface area contributed by atoms with Crippen molar-refractivity contribution in [2.45, 2.75) is 38.1 Å². The third kappa shape index (κ3) is 3.06. The number of aryl methyl sites for hydroxylation is 1. The minimum absolute atomic E-state index is 0.0259. The summed E-state index contributed by atoms with van der Waals surface area (Å²) >= 11 is 0. The summed E-state index contributed by atoms with van der Waals surface area (Å²) in [4.78, 5) is 13.1. The molecule has 3 nitrogen and oxygen atoms in total. The first-order chi connectivity index (χ1) is 15.2. The van der Waals surface area contributed by atoms with E-state index in [1.54, 1.807) is 0 Å². The van der Waals surface area contributed by atoms with Crippen molar-refractivity contribution in [2.75, 3.05) is 10.6 Å². The lowest BCUT2D eigenvalue weighted by atomic mass is 9.68. The highest BCUT2D eigenvalue weighted by atomic mass is 16.1. The lowest BCUT2D eigenvalue weighted by Crippen LogP contribution is -2.35. The van der Waals surface area contributed by atoms with Gasteiger partial charge in [-0.05, 0) is 90.8 Å². The molecule has 1 aliphatic heterocycles. The van der Waals surface area contributed by atoms with Crippen LogP contribution in [0.2, 0.25) is 0 Å². The van der Waals surface area contributed by atoms with Crippen molar-refractivity contribution in [2.24, 2.45) is 17.8 Å². The molecule has 0 radical (unpaired) electrons. The molecule has 3 aliphatic rings. The number of hydrogen-bond acceptors (Lipinski definition) is 2. The number of carbonyl (C=O) groups is 1. The molecule has 0 aromatic heterocycles. The van der Waals surface area contributed by atoms with Crippen molar-refractivity contribution < 1.29 is 4.79 Å². The molecular weight excluding hydrogens is 380 g/mol. The lowest BCUT2D eigenvalue weighted by Gasteiger charge is -2.43. The Kier molecular flexibility index (Phi) is 4.38. The van der Waals surface area contributed by atoms with Crippen LogP contribution in [0.5, 0.6) is 0 Å². The van der Waals surface area contributed by atoms with Crippen molar-refractivity contribution >= 4 is 17.3 Å². The highest BCUT2D eigenvalue weighted by molar-refractivity contribution is 6.05. The average molecular weight is 409 g/mol. The molecule has 2 aliphatic carbocycles. The van der Waals surface area contributed by atoms with Gasteiger partial charge in [-0.15, -0.1) is 0 Å². The van der Waals surface area contributed by atoms with Gasteiger partial charge in [-0.1, -0.05) is 48.5 Å². The Bertz CT molecular complexity index is 1140. The fourth-order valence-electron chi connectivity index (χ4n) is 6.53. The number of fused-ring (bicyclic) bond motifs is 7. The van der Waals surface area contributed by atoms with Crippen LogP contribution in [-0.2, 0) is 0 Å². The third-order valence-electron chi connectivity index (χ3n) is 7.90. The second-order valence-corrected chi connectivity index (χ2v) is 9.54. The van der Waals surface area contributed by atoms with E-state index in [-0.39, 0.29) is 5.91 Å². The number of rotatable bonds is 3. The second kappa shape index (κ2) is 7.26. The zero-order chi connectivity index (χ0) is 20.9. The van der Waals surface area contributed by atoms with Gasteiger partial charge in [-0.3, -0.25) is 4.79 Å². The maximum atomic E-state index is 13.1. The highest BCUT2D eigenvalue weighted by Gasteiger charge is 2.53. The molecule has 2 bridgehead atoms. The molecule has 2 saturated carbocycles. The van der Waals surface area contributed by atoms with Gasteiger partial charge in [0.15, 0.2) is 0 Å². The largest absolute Gasteiger partial charge is 0.378 e. The zero-order valence-electron chi connectivity index (χ0n) is 17.8. The molecule has 3 aromatic carbocycles. The van der Waals surface area contributed by atoms with Gasteiger partial charge in [-0.25, -0.2) is 0 Å².